The molecule has 1 unspecified atom stereocenters. The maximum atomic E-state index is 13.8. The van der Waals surface area contributed by atoms with Crippen LogP contribution in [-0.4, -0.2) is 6.54 Å². The Morgan fingerprint density at radius 1 is 1.25 bits per heavy atom. The van der Waals surface area contributed by atoms with Gasteiger partial charge in [0.15, 0.2) is 0 Å². The summed E-state index contributed by atoms with van der Waals surface area (Å²) in [6, 6.07) is 11.1. The van der Waals surface area contributed by atoms with E-state index in [9.17, 15) is 4.39 Å². The second-order valence-corrected chi connectivity index (χ2v) is 6.26. The topological polar surface area (TPSA) is 12.0 Å². The van der Waals surface area contributed by atoms with Gasteiger partial charge in [-0.1, -0.05) is 30.7 Å². The second-order valence-electron chi connectivity index (χ2n) is 4.67. The first-order valence-corrected chi connectivity index (χ1v) is 7.93. The Morgan fingerprint density at radius 3 is 2.65 bits per heavy atom. The van der Waals surface area contributed by atoms with E-state index in [0.717, 1.165) is 21.2 Å². The molecule has 0 saturated carbocycles. The fraction of sp³-hybridized carbons (Fsp3) is 0.250. The minimum Gasteiger partial charge on any atom is -0.306 e. The molecule has 1 atom stereocenters. The van der Waals surface area contributed by atoms with Crippen molar-refractivity contribution >= 4 is 34.2 Å². The highest BCUT2D eigenvalue weighted by atomic mass is 127. The van der Waals surface area contributed by atoms with E-state index in [1.165, 1.54) is 0 Å². The number of nitrogens with one attached hydrogen (secondary N) is 1. The molecule has 0 aliphatic rings. The van der Waals surface area contributed by atoms with Gasteiger partial charge in [0.2, 0.25) is 0 Å². The van der Waals surface area contributed by atoms with Crippen LogP contribution in [0.1, 0.15) is 29.7 Å². The molecular formula is C16H16ClFIN. The molecule has 1 nitrogen and oxygen atoms in total. The molecule has 4 heteroatoms. The number of benzene rings is 2. The lowest BCUT2D eigenvalue weighted by Crippen LogP contribution is -2.23. The lowest BCUT2D eigenvalue weighted by molar-refractivity contribution is 0.596. The summed E-state index contributed by atoms with van der Waals surface area (Å²) in [5.74, 6) is -0.178. The fourth-order valence-electron chi connectivity index (χ4n) is 2.14. The van der Waals surface area contributed by atoms with Gasteiger partial charge in [0.25, 0.3) is 0 Å². The molecule has 0 amide bonds. The SMILES string of the molecule is CCNC(c1ccc(C)c(F)c1)c1cc(Cl)ccc1I. The molecule has 0 aliphatic heterocycles. The van der Waals surface area contributed by atoms with Gasteiger partial charge in [0.1, 0.15) is 5.82 Å². The van der Waals surface area contributed by atoms with Crippen LogP contribution in [0.5, 0.6) is 0 Å². The summed E-state index contributed by atoms with van der Waals surface area (Å²) >= 11 is 8.38. The minimum atomic E-state index is -0.178. The van der Waals surface area contributed by atoms with Gasteiger partial charge in [-0.2, -0.15) is 0 Å². The third-order valence-corrected chi connectivity index (χ3v) is 4.42. The lowest BCUT2D eigenvalue weighted by Gasteiger charge is -2.21. The molecule has 106 valence electrons. The zero-order valence-electron chi connectivity index (χ0n) is 11.4. The molecule has 0 aliphatic carbocycles. The molecule has 2 aromatic rings. The molecule has 0 fully saturated rings. The largest absolute Gasteiger partial charge is 0.306 e. The summed E-state index contributed by atoms with van der Waals surface area (Å²) < 4.78 is 14.9. The molecule has 1 N–H and O–H groups in total. The molecule has 0 heterocycles. The Labute approximate surface area is 137 Å². The highest BCUT2D eigenvalue weighted by Gasteiger charge is 2.17. The van der Waals surface area contributed by atoms with Crippen LogP contribution in [0.2, 0.25) is 5.02 Å². The first-order chi connectivity index (χ1) is 9.52. The Balaban J connectivity index is 2.49. The van der Waals surface area contributed by atoms with Crippen molar-refractivity contribution in [3.8, 4) is 0 Å². The third-order valence-electron chi connectivity index (χ3n) is 3.21. The zero-order valence-corrected chi connectivity index (χ0v) is 14.3. The van der Waals surface area contributed by atoms with E-state index in [4.69, 9.17) is 11.6 Å². The maximum absolute atomic E-state index is 13.8. The summed E-state index contributed by atoms with van der Waals surface area (Å²) in [5, 5.41) is 4.09. The fourth-order valence-corrected chi connectivity index (χ4v) is 2.96. The first kappa shape index (κ1) is 15.7. The van der Waals surface area contributed by atoms with Crippen LogP contribution in [-0.2, 0) is 0 Å². The van der Waals surface area contributed by atoms with E-state index in [1.807, 2.05) is 37.3 Å². The van der Waals surface area contributed by atoms with E-state index in [1.54, 1.807) is 13.0 Å². The van der Waals surface area contributed by atoms with Gasteiger partial charge < -0.3 is 5.32 Å². The van der Waals surface area contributed by atoms with Gasteiger partial charge in [-0.3, -0.25) is 0 Å². The maximum Gasteiger partial charge on any atom is 0.126 e. The highest BCUT2D eigenvalue weighted by molar-refractivity contribution is 14.1. The van der Waals surface area contributed by atoms with Crippen LogP contribution in [0.3, 0.4) is 0 Å². The van der Waals surface area contributed by atoms with E-state index < -0.39 is 0 Å². The summed E-state index contributed by atoms with van der Waals surface area (Å²) in [6.07, 6.45) is 0. The van der Waals surface area contributed by atoms with Gasteiger partial charge in [0, 0.05) is 8.59 Å². The second kappa shape index (κ2) is 6.87. The van der Waals surface area contributed by atoms with Crippen LogP contribution < -0.4 is 5.32 Å². The molecular weight excluding hydrogens is 388 g/mol. The quantitative estimate of drug-likeness (QED) is 0.701. The van der Waals surface area contributed by atoms with Gasteiger partial charge in [-0.25, -0.2) is 4.39 Å². The highest BCUT2D eigenvalue weighted by Crippen LogP contribution is 2.29. The standard InChI is InChI=1S/C16H16ClFIN/c1-3-20-16(11-5-4-10(2)14(18)8-11)13-9-12(17)6-7-15(13)19/h4-9,16,20H,3H2,1-2H3. The number of aryl methyl sites for hydroxylation is 1. The van der Waals surface area contributed by atoms with Crippen molar-refractivity contribution in [3.05, 3.63) is 67.5 Å². The minimum absolute atomic E-state index is 0.0549. The van der Waals surface area contributed by atoms with Crippen LogP contribution in [0, 0.1) is 16.3 Å². The summed E-state index contributed by atoms with van der Waals surface area (Å²) in [5.41, 5.74) is 2.64. The Morgan fingerprint density at radius 2 is 2.00 bits per heavy atom. The van der Waals surface area contributed by atoms with Crippen molar-refractivity contribution in [1.29, 1.82) is 0 Å². The zero-order chi connectivity index (χ0) is 14.7. The van der Waals surface area contributed by atoms with Crippen molar-refractivity contribution < 1.29 is 4.39 Å². The van der Waals surface area contributed by atoms with E-state index in [2.05, 4.69) is 27.9 Å². The van der Waals surface area contributed by atoms with E-state index in [-0.39, 0.29) is 11.9 Å². The van der Waals surface area contributed by atoms with Gasteiger partial charge in [0.05, 0.1) is 6.04 Å². The average molecular weight is 404 g/mol. The van der Waals surface area contributed by atoms with Crippen molar-refractivity contribution in [2.75, 3.05) is 6.54 Å². The molecule has 2 rings (SSSR count). The summed E-state index contributed by atoms with van der Waals surface area (Å²) in [4.78, 5) is 0. The van der Waals surface area contributed by atoms with Gasteiger partial charge >= 0.3 is 0 Å². The van der Waals surface area contributed by atoms with E-state index in [0.29, 0.717) is 10.6 Å². The van der Waals surface area contributed by atoms with Crippen molar-refractivity contribution in [2.24, 2.45) is 0 Å². The predicted molar refractivity (Wildman–Crippen MR) is 90.8 cm³/mol. The van der Waals surface area contributed by atoms with Crippen molar-refractivity contribution in [3.63, 3.8) is 0 Å². The van der Waals surface area contributed by atoms with E-state index >= 15 is 0 Å². The lowest BCUT2D eigenvalue weighted by atomic mass is 9.97. The van der Waals surface area contributed by atoms with Crippen LogP contribution in [0.25, 0.3) is 0 Å². The monoisotopic (exact) mass is 403 g/mol. The molecule has 0 spiro atoms. The summed E-state index contributed by atoms with van der Waals surface area (Å²) in [6.45, 7) is 4.60. The molecule has 0 radical (unpaired) electrons. The number of hydrogen-bond acceptors (Lipinski definition) is 1. The smallest absolute Gasteiger partial charge is 0.126 e. The number of halogens is 3. The molecule has 0 saturated heterocycles. The molecule has 0 bridgehead atoms. The number of hydrogen-bond donors (Lipinski definition) is 1. The number of rotatable bonds is 4. The normalized spacial score (nSPS) is 12.4. The van der Waals surface area contributed by atoms with Gasteiger partial charge in [-0.15, -0.1) is 0 Å². The van der Waals surface area contributed by atoms with Crippen molar-refractivity contribution in [1.82, 2.24) is 5.32 Å². The molecule has 20 heavy (non-hydrogen) atoms. The predicted octanol–water partition coefficient (Wildman–Crippen LogP) is 5.09. The molecule has 2 aromatic carbocycles. The molecule has 0 aromatic heterocycles. The van der Waals surface area contributed by atoms with Crippen molar-refractivity contribution in [2.45, 2.75) is 19.9 Å². The Bertz CT molecular complexity index is 615. The van der Waals surface area contributed by atoms with Crippen LogP contribution in [0.4, 0.5) is 4.39 Å². The third kappa shape index (κ3) is 3.51. The summed E-state index contributed by atoms with van der Waals surface area (Å²) in [7, 11) is 0. The Kier molecular flexibility index (Phi) is 5.41. The first-order valence-electron chi connectivity index (χ1n) is 6.47. The van der Waals surface area contributed by atoms with Crippen LogP contribution >= 0.6 is 34.2 Å². The average Bonchev–Trinajstić information content (AvgIpc) is 2.42. The Hall–Kier alpha value is -0.650. The van der Waals surface area contributed by atoms with Gasteiger partial charge in [-0.05, 0) is 77.0 Å². The van der Waals surface area contributed by atoms with Crippen LogP contribution in [0.15, 0.2) is 36.4 Å².